The number of amides is 1. The standard InChI is InChI=1S/C7H12ClNO3S/c8-3-7(10)9-4-6-1-2-13(11,12)5-6/h6H,1-5H2,(H,9,10)/t6-/m1/s1. The first-order valence-electron chi connectivity index (χ1n) is 4.06. The van der Waals surface area contributed by atoms with E-state index in [1.807, 2.05) is 0 Å². The summed E-state index contributed by atoms with van der Waals surface area (Å²) in [6.07, 6.45) is 0.644. The van der Waals surface area contributed by atoms with Gasteiger partial charge in [-0.05, 0) is 12.3 Å². The van der Waals surface area contributed by atoms with Gasteiger partial charge in [0.25, 0.3) is 0 Å². The van der Waals surface area contributed by atoms with Crippen LogP contribution in [0.2, 0.25) is 0 Å². The lowest BCUT2D eigenvalue weighted by Gasteiger charge is -2.07. The summed E-state index contributed by atoms with van der Waals surface area (Å²) >= 11 is 5.26. The molecule has 1 atom stereocenters. The number of hydrogen-bond acceptors (Lipinski definition) is 3. The van der Waals surface area contributed by atoms with E-state index in [2.05, 4.69) is 5.32 Å². The predicted octanol–water partition coefficient (Wildman–Crippen LogP) is -0.224. The number of sulfone groups is 1. The highest BCUT2D eigenvalue weighted by molar-refractivity contribution is 7.91. The van der Waals surface area contributed by atoms with Crippen LogP contribution in [0, 0.1) is 5.92 Å². The molecule has 0 aliphatic carbocycles. The Morgan fingerprint density at radius 1 is 1.54 bits per heavy atom. The Labute approximate surface area is 82.6 Å². The number of halogens is 1. The molecule has 1 saturated heterocycles. The fourth-order valence-corrected chi connectivity index (χ4v) is 3.29. The molecule has 76 valence electrons. The number of carbonyl (C=O) groups excluding carboxylic acids is 1. The third-order valence-corrected chi connectivity index (χ3v) is 4.12. The Kier molecular flexibility index (Phi) is 3.55. The maximum Gasteiger partial charge on any atom is 0.234 e. The molecule has 0 saturated carbocycles. The van der Waals surface area contributed by atoms with Crippen molar-refractivity contribution in [1.82, 2.24) is 5.32 Å². The van der Waals surface area contributed by atoms with Crippen LogP contribution in [0.3, 0.4) is 0 Å². The molecule has 1 amide bonds. The van der Waals surface area contributed by atoms with E-state index in [4.69, 9.17) is 11.6 Å². The highest BCUT2D eigenvalue weighted by Gasteiger charge is 2.27. The van der Waals surface area contributed by atoms with Crippen molar-refractivity contribution >= 4 is 27.3 Å². The molecular formula is C7H12ClNO3S. The molecule has 0 unspecified atom stereocenters. The molecule has 1 fully saturated rings. The highest BCUT2D eigenvalue weighted by atomic mass is 35.5. The Hall–Kier alpha value is -0.290. The summed E-state index contributed by atoms with van der Waals surface area (Å²) in [5, 5.41) is 2.58. The highest BCUT2D eigenvalue weighted by Crippen LogP contribution is 2.17. The second-order valence-electron chi connectivity index (χ2n) is 3.21. The summed E-state index contributed by atoms with van der Waals surface area (Å²) < 4.78 is 22.0. The minimum atomic E-state index is -2.83. The van der Waals surface area contributed by atoms with E-state index >= 15 is 0 Å². The van der Waals surface area contributed by atoms with Crippen molar-refractivity contribution in [2.75, 3.05) is 23.9 Å². The minimum Gasteiger partial charge on any atom is -0.355 e. The molecule has 13 heavy (non-hydrogen) atoms. The smallest absolute Gasteiger partial charge is 0.234 e. The second-order valence-corrected chi connectivity index (χ2v) is 5.70. The molecule has 1 aliphatic heterocycles. The monoisotopic (exact) mass is 225 g/mol. The number of carbonyl (C=O) groups is 1. The van der Waals surface area contributed by atoms with E-state index in [9.17, 15) is 13.2 Å². The van der Waals surface area contributed by atoms with E-state index in [0.717, 1.165) is 0 Å². The third kappa shape index (κ3) is 3.52. The van der Waals surface area contributed by atoms with Crippen molar-refractivity contribution in [2.45, 2.75) is 6.42 Å². The second kappa shape index (κ2) is 4.28. The molecule has 0 aromatic heterocycles. The van der Waals surface area contributed by atoms with Gasteiger partial charge in [0, 0.05) is 6.54 Å². The zero-order valence-electron chi connectivity index (χ0n) is 7.12. The summed E-state index contributed by atoms with van der Waals surface area (Å²) in [5.41, 5.74) is 0. The van der Waals surface area contributed by atoms with Gasteiger partial charge < -0.3 is 5.32 Å². The van der Waals surface area contributed by atoms with Gasteiger partial charge in [0.1, 0.15) is 5.88 Å². The van der Waals surface area contributed by atoms with Gasteiger partial charge in [0.05, 0.1) is 11.5 Å². The van der Waals surface area contributed by atoms with Crippen LogP contribution in [0.5, 0.6) is 0 Å². The normalized spacial score (nSPS) is 25.8. The molecule has 0 bridgehead atoms. The van der Waals surface area contributed by atoms with Crippen molar-refractivity contribution < 1.29 is 13.2 Å². The lowest BCUT2D eigenvalue weighted by Crippen LogP contribution is -2.30. The number of hydrogen-bond donors (Lipinski definition) is 1. The number of alkyl halides is 1. The third-order valence-electron chi connectivity index (χ3n) is 2.04. The summed E-state index contributed by atoms with van der Waals surface area (Å²) in [5.74, 6) is 0.187. The largest absolute Gasteiger partial charge is 0.355 e. The molecule has 0 radical (unpaired) electrons. The first-order valence-corrected chi connectivity index (χ1v) is 6.42. The lowest BCUT2D eigenvalue weighted by atomic mass is 10.1. The van der Waals surface area contributed by atoms with Gasteiger partial charge in [0.15, 0.2) is 9.84 Å². The molecule has 6 heteroatoms. The van der Waals surface area contributed by atoms with Crippen LogP contribution in [0.1, 0.15) is 6.42 Å². The van der Waals surface area contributed by atoms with E-state index < -0.39 is 9.84 Å². The topological polar surface area (TPSA) is 63.2 Å². The Balaban J connectivity index is 2.29. The Morgan fingerprint density at radius 2 is 2.23 bits per heavy atom. The fourth-order valence-electron chi connectivity index (χ4n) is 1.34. The van der Waals surface area contributed by atoms with Crippen molar-refractivity contribution in [3.05, 3.63) is 0 Å². The minimum absolute atomic E-state index is 0.0668. The molecular weight excluding hydrogens is 214 g/mol. The van der Waals surface area contributed by atoms with E-state index in [-0.39, 0.29) is 29.2 Å². The Morgan fingerprint density at radius 3 is 2.69 bits per heavy atom. The zero-order valence-corrected chi connectivity index (χ0v) is 8.70. The summed E-state index contributed by atoms with van der Waals surface area (Å²) in [6, 6.07) is 0. The first-order chi connectivity index (χ1) is 6.03. The van der Waals surface area contributed by atoms with Crippen molar-refractivity contribution in [3.8, 4) is 0 Å². The molecule has 1 aliphatic rings. The maximum atomic E-state index is 11.0. The molecule has 1 heterocycles. The molecule has 1 rings (SSSR count). The summed E-state index contributed by atoms with van der Waals surface area (Å²) in [6.45, 7) is 0.421. The van der Waals surface area contributed by atoms with E-state index in [1.165, 1.54) is 0 Å². The van der Waals surface area contributed by atoms with Crippen LogP contribution in [0.15, 0.2) is 0 Å². The van der Waals surface area contributed by atoms with Gasteiger partial charge in [-0.15, -0.1) is 11.6 Å². The number of rotatable bonds is 3. The van der Waals surface area contributed by atoms with Gasteiger partial charge in [-0.3, -0.25) is 4.79 Å². The zero-order chi connectivity index (χ0) is 9.90. The lowest BCUT2D eigenvalue weighted by molar-refractivity contribution is -0.118. The summed E-state index contributed by atoms with van der Waals surface area (Å²) in [7, 11) is -2.83. The van der Waals surface area contributed by atoms with E-state index in [1.54, 1.807) is 0 Å². The fraction of sp³-hybridized carbons (Fsp3) is 0.857. The molecule has 0 aromatic carbocycles. The van der Waals surface area contributed by atoms with Crippen LogP contribution >= 0.6 is 11.6 Å². The van der Waals surface area contributed by atoms with Crippen LogP contribution in [0.4, 0.5) is 0 Å². The van der Waals surface area contributed by atoms with Crippen LogP contribution in [-0.2, 0) is 14.6 Å². The molecule has 1 N–H and O–H groups in total. The number of nitrogens with one attached hydrogen (secondary N) is 1. The SMILES string of the molecule is O=C(CCl)NC[C@H]1CCS(=O)(=O)C1. The van der Waals surface area contributed by atoms with Crippen LogP contribution in [-0.4, -0.2) is 38.3 Å². The van der Waals surface area contributed by atoms with Crippen molar-refractivity contribution in [3.63, 3.8) is 0 Å². The maximum absolute atomic E-state index is 11.0. The van der Waals surface area contributed by atoms with Crippen molar-refractivity contribution in [1.29, 1.82) is 0 Å². The Bertz CT molecular complexity index is 288. The predicted molar refractivity (Wildman–Crippen MR) is 50.5 cm³/mol. The van der Waals surface area contributed by atoms with Crippen molar-refractivity contribution in [2.24, 2.45) is 5.92 Å². The molecule has 0 spiro atoms. The van der Waals surface area contributed by atoms with Gasteiger partial charge in [-0.1, -0.05) is 0 Å². The average molecular weight is 226 g/mol. The first kappa shape index (κ1) is 10.8. The van der Waals surface area contributed by atoms with Crippen LogP contribution < -0.4 is 5.32 Å². The molecule has 4 nitrogen and oxygen atoms in total. The van der Waals surface area contributed by atoms with Gasteiger partial charge in [-0.25, -0.2) is 8.42 Å². The van der Waals surface area contributed by atoms with Gasteiger partial charge in [-0.2, -0.15) is 0 Å². The average Bonchev–Trinajstić information content (AvgIpc) is 2.41. The van der Waals surface area contributed by atoms with Crippen LogP contribution in [0.25, 0.3) is 0 Å². The molecule has 0 aromatic rings. The van der Waals surface area contributed by atoms with E-state index in [0.29, 0.717) is 13.0 Å². The quantitative estimate of drug-likeness (QED) is 0.676. The summed E-state index contributed by atoms with van der Waals surface area (Å²) in [4.78, 5) is 10.7. The van der Waals surface area contributed by atoms with Gasteiger partial charge >= 0.3 is 0 Å². The van der Waals surface area contributed by atoms with Gasteiger partial charge in [0.2, 0.25) is 5.91 Å².